The van der Waals surface area contributed by atoms with Gasteiger partial charge in [-0.2, -0.15) is 5.10 Å². The van der Waals surface area contributed by atoms with E-state index in [1.54, 1.807) is 0 Å². The summed E-state index contributed by atoms with van der Waals surface area (Å²) in [6.07, 6.45) is 7.43. The first-order valence-electron chi connectivity index (χ1n) is 8.01. The minimum Gasteiger partial charge on any atom is -0.380 e. The van der Waals surface area contributed by atoms with Gasteiger partial charge in [-0.05, 0) is 25.7 Å². The lowest BCUT2D eigenvalue weighted by atomic mass is 9.92. The van der Waals surface area contributed by atoms with E-state index in [2.05, 4.69) is 31.3 Å². The van der Waals surface area contributed by atoms with Crippen LogP contribution in [-0.4, -0.2) is 29.0 Å². The number of hydrogen-bond acceptors (Lipinski definition) is 3. The molecule has 1 aromatic heterocycles. The van der Waals surface area contributed by atoms with Crippen molar-refractivity contribution in [2.24, 2.45) is 7.05 Å². The zero-order chi connectivity index (χ0) is 14.5. The quantitative estimate of drug-likeness (QED) is 0.870. The number of aromatic nitrogens is 2. The van der Waals surface area contributed by atoms with Gasteiger partial charge in [-0.1, -0.05) is 26.7 Å². The Labute approximate surface area is 122 Å². The number of hydrogen-bond donors (Lipinski definition) is 1. The average Bonchev–Trinajstić information content (AvgIpc) is 2.80. The molecule has 0 bridgehead atoms. The molecule has 0 aliphatic heterocycles. The average molecular weight is 279 g/mol. The standard InChI is InChI=1S/C16H29N3O/c1-5-13-12(15(6-2)19(3)18-13)11-17-14-9-7-8-10-16(14)20-4/h14,16-17H,5-11H2,1-4H3/t14-,16-/m0/s1. The number of ether oxygens (including phenoxy) is 1. The third kappa shape index (κ3) is 3.23. The Bertz CT molecular complexity index is 428. The maximum Gasteiger partial charge on any atom is 0.0724 e. The van der Waals surface area contributed by atoms with Gasteiger partial charge in [0.05, 0.1) is 11.8 Å². The van der Waals surface area contributed by atoms with E-state index in [-0.39, 0.29) is 0 Å². The maximum absolute atomic E-state index is 5.63. The predicted molar refractivity (Wildman–Crippen MR) is 81.9 cm³/mol. The first-order valence-corrected chi connectivity index (χ1v) is 8.01. The van der Waals surface area contributed by atoms with Gasteiger partial charge >= 0.3 is 0 Å². The van der Waals surface area contributed by atoms with E-state index in [1.165, 1.54) is 42.6 Å². The first kappa shape index (κ1) is 15.5. The molecule has 0 amide bonds. The molecule has 1 aliphatic carbocycles. The lowest BCUT2D eigenvalue weighted by Gasteiger charge is -2.31. The number of nitrogens with one attached hydrogen (secondary N) is 1. The molecule has 20 heavy (non-hydrogen) atoms. The molecule has 0 saturated heterocycles. The second kappa shape index (κ2) is 7.23. The topological polar surface area (TPSA) is 39.1 Å². The normalized spacial score (nSPS) is 23.2. The molecule has 1 N–H and O–H groups in total. The van der Waals surface area contributed by atoms with Crippen LogP contribution in [0.1, 0.15) is 56.5 Å². The Morgan fingerprint density at radius 2 is 2.00 bits per heavy atom. The maximum atomic E-state index is 5.63. The van der Waals surface area contributed by atoms with E-state index in [0.29, 0.717) is 12.1 Å². The first-order chi connectivity index (χ1) is 9.71. The summed E-state index contributed by atoms with van der Waals surface area (Å²) in [6, 6.07) is 0.489. The molecule has 0 unspecified atom stereocenters. The summed E-state index contributed by atoms with van der Waals surface area (Å²) in [5.74, 6) is 0. The van der Waals surface area contributed by atoms with Crippen molar-refractivity contribution in [1.82, 2.24) is 15.1 Å². The van der Waals surface area contributed by atoms with Crippen LogP contribution >= 0.6 is 0 Å². The Hall–Kier alpha value is -0.870. The molecule has 1 aliphatic rings. The number of aryl methyl sites for hydroxylation is 2. The summed E-state index contributed by atoms with van der Waals surface area (Å²) in [4.78, 5) is 0. The van der Waals surface area contributed by atoms with Crippen molar-refractivity contribution in [1.29, 1.82) is 0 Å². The zero-order valence-corrected chi connectivity index (χ0v) is 13.4. The van der Waals surface area contributed by atoms with Crippen molar-refractivity contribution >= 4 is 0 Å². The van der Waals surface area contributed by atoms with Crippen LogP contribution in [0.15, 0.2) is 0 Å². The van der Waals surface area contributed by atoms with E-state index in [4.69, 9.17) is 4.74 Å². The highest BCUT2D eigenvalue weighted by Gasteiger charge is 2.25. The molecule has 0 radical (unpaired) electrons. The van der Waals surface area contributed by atoms with Crippen molar-refractivity contribution in [3.8, 4) is 0 Å². The smallest absolute Gasteiger partial charge is 0.0724 e. The van der Waals surface area contributed by atoms with Crippen molar-refractivity contribution in [3.63, 3.8) is 0 Å². The van der Waals surface area contributed by atoms with Gasteiger partial charge in [-0.25, -0.2) is 0 Å². The van der Waals surface area contributed by atoms with Crippen LogP contribution in [0.2, 0.25) is 0 Å². The fourth-order valence-corrected chi connectivity index (χ4v) is 3.44. The Morgan fingerprint density at radius 3 is 2.65 bits per heavy atom. The fraction of sp³-hybridized carbons (Fsp3) is 0.812. The van der Waals surface area contributed by atoms with Crippen LogP contribution in [0.3, 0.4) is 0 Å². The molecule has 1 heterocycles. The van der Waals surface area contributed by atoms with Gasteiger partial charge in [-0.15, -0.1) is 0 Å². The summed E-state index contributed by atoms with van der Waals surface area (Å²) in [5, 5.41) is 8.37. The molecule has 4 nitrogen and oxygen atoms in total. The van der Waals surface area contributed by atoms with Crippen LogP contribution in [0.5, 0.6) is 0 Å². The van der Waals surface area contributed by atoms with E-state index in [0.717, 1.165) is 19.4 Å². The predicted octanol–water partition coefficient (Wildman–Crippen LogP) is 2.59. The minimum absolute atomic E-state index is 0.371. The minimum atomic E-state index is 0.371. The molecule has 2 rings (SSSR count). The van der Waals surface area contributed by atoms with Crippen LogP contribution in [0, 0.1) is 0 Å². The number of rotatable bonds is 6. The molecule has 0 spiro atoms. The fourth-order valence-electron chi connectivity index (χ4n) is 3.44. The third-order valence-corrected chi connectivity index (χ3v) is 4.57. The monoisotopic (exact) mass is 279 g/mol. The molecular weight excluding hydrogens is 250 g/mol. The lowest BCUT2D eigenvalue weighted by Crippen LogP contribution is -2.42. The number of nitrogens with zero attached hydrogens (tertiary/aromatic N) is 2. The summed E-state index contributed by atoms with van der Waals surface area (Å²) in [7, 11) is 3.89. The van der Waals surface area contributed by atoms with Crippen molar-refractivity contribution in [2.75, 3.05) is 7.11 Å². The molecule has 1 aromatic rings. The van der Waals surface area contributed by atoms with Crippen LogP contribution in [-0.2, 0) is 31.2 Å². The van der Waals surface area contributed by atoms with Crippen molar-refractivity contribution in [2.45, 2.75) is 71.1 Å². The largest absolute Gasteiger partial charge is 0.380 e. The van der Waals surface area contributed by atoms with E-state index in [9.17, 15) is 0 Å². The van der Waals surface area contributed by atoms with Gasteiger partial charge in [0.25, 0.3) is 0 Å². The highest BCUT2D eigenvalue weighted by molar-refractivity contribution is 5.26. The molecule has 0 aromatic carbocycles. The van der Waals surface area contributed by atoms with Gasteiger partial charge in [0.2, 0.25) is 0 Å². The number of methoxy groups -OCH3 is 1. The van der Waals surface area contributed by atoms with Gasteiger partial charge in [0.1, 0.15) is 0 Å². The third-order valence-electron chi connectivity index (χ3n) is 4.57. The van der Waals surface area contributed by atoms with Crippen molar-refractivity contribution < 1.29 is 4.74 Å². The Morgan fingerprint density at radius 1 is 1.25 bits per heavy atom. The van der Waals surface area contributed by atoms with Crippen LogP contribution in [0.4, 0.5) is 0 Å². The van der Waals surface area contributed by atoms with Gasteiger partial charge in [0, 0.05) is 38.0 Å². The lowest BCUT2D eigenvalue weighted by molar-refractivity contribution is 0.0412. The van der Waals surface area contributed by atoms with E-state index < -0.39 is 0 Å². The van der Waals surface area contributed by atoms with Crippen molar-refractivity contribution in [3.05, 3.63) is 17.0 Å². The molecule has 1 fully saturated rings. The second-order valence-electron chi connectivity index (χ2n) is 5.75. The van der Waals surface area contributed by atoms with Crippen LogP contribution in [0.25, 0.3) is 0 Å². The van der Waals surface area contributed by atoms with E-state index >= 15 is 0 Å². The summed E-state index contributed by atoms with van der Waals surface area (Å²) in [5.41, 5.74) is 4.00. The SMILES string of the molecule is CCc1nn(C)c(CC)c1CN[C@H]1CCCC[C@@H]1OC. The van der Waals surface area contributed by atoms with E-state index in [1.807, 2.05) is 11.8 Å². The second-order valence-corrected chi connectivity index (χ2v) is 5.75. The molecule has 1 saturated carbocycles. The summed E-state index contributed by atoms with van der Waals surface area (Å²) < 4.78 is 7.67. The van der Waals surface area contributed by atoms with Gasteiger partial charge < -0.3 is 10.1 Å². The Kier molecular flexibility index (Phi) is 5.61. The summed E-state index contributed by atoms with van der Waals surface area (Å²) >= 11 is 0. The zero-order valence-electron chi connectivity index (χ0n) is 13.4. The molecular formula is C16H29N3O. The summed E-state index contributed by atoms with van der Waals surface area (Å²) in [6.45, 7) is 5.31. The Balaban J connectivity index is 2.06. The molecule has 114 valence electrons. The van der Waals surface area contributed by atoms with Crippen LogP contribution < -0.4 is 5.32 Å². The highest BCUT2D eigenvalue weighted by atomic mass is 16.5. The highest BCUT2D eigenvalue weighted by Crippen LogP contribution is 2.22. The molecule has 2 atom stereocenters. The van der Waals surface area contributed by atoms with Gasteiger partial charge in [-0.3, -0.25) is 4.68 Å². The molecule has 4 heteroatoms. The van der Waals surface area contributed by atoms with Gasteiger partial charge in [0.15, 0.2) is 0 Å².